The van der Waals surface area contributed by atoms with Crippen molar-refractivity contribution < 1.29 is 0 Å². The van der Waals surface area contributed by atoms with Gasteiger partial charge >= 0.3 is 0 Å². The van der Waals surface area contributed by atoms with Gasteiger partial charge in [-0.1, -0.05) is 236 Å². The van der Waals surface area contributed by atoms with Crippen LogP contribution in [-0.4, -0.2) is 28.3 Å². The molecule has 0 unspecified atom stereocenters. The van der Waals surface area contributed by atoms with Crippen molar-refractivity contribution in [2.75, 3.05) is 0 Å². The summed E-state index contributed by atoms with van der Waals surface area (Å²) in [5.74, 6) is 0. The summed E-state index contributed by atoms with van der Waals surface area (Å²) in [6.45, 7) is 50.7. The van der Waals surface area contributed by atoms with E-state index in [1.807, 2.05) is 0 Å². The Kier molecular flexibility index (Phi) is 9.85. The minimum absolute atomic E-state index is 0.0483. The van der Waals surface area contributed by atoms with Crippen molar-refractivity contribution in [1.29, 1.82) is 0 Å². The third-order valence-electron chi connectivity index (χ3n) is 21.9. The molecule has 0 amide bonds. The third-order valence-corrected chi connectivity index (χ3v) is 26.8. The maximum atomic E-state index is 2.87. The fraction of sp³-hybridized carbons (Fsp3) is 0.341. The molecule has 0 fully saturated rings. The average Bonchev–Trinajstić information content (AvgIpc) is 1.54. The summed E-state index contributed by atoms with van der Waals surface area (Å²) in [6.07, 6.45) is 0. The summed E-state index contributed by atoms with van der Waals surface area (Å²) < 4.78 is 8.41. The van der Waals surface area contributed by atoms with Gasteiger partial charge in [-0.15, -0.1) is 0 Å². The minimum atomic E-state index is -3.23. The maximum Gasteiger partial charge on any atom is 0.252 e. The average molecular weight is 1150 g/mol. The van der Waals surface area contributed by atoms with Crippen molar-refractivity contribution >= 4 is 134 Å². The van der Waals surface area contributed by atoms with Crippen LogP contribution < -0.4 is 37.1 Å². The van der Waals surface area contributed by atoms with E-state index in [1.165, 1.54) is 165 Å². The maximum absolute atomic E-state index is 3.23. The molecule has 17 rings (SSSR count). The van der Waals surface area contributed by atoms with Gasteiger partial charge in [-0.2, -0.15) is 0 Å². The molecule has 0 saturated heterocycles. The molecule has 0 bridgehead atoms. The molecule has 0 radical (unpaired) electrons. The largest absolute Gasteiger partial charge is 0.310 e. The standard InChI is InChI=1S/C82H84BN3Si/c1-76(2,3)43-27-30-51-60(37-43)84-59-31-32-63-75-70(59)83(58-42-62-68(69(51)74(58)84)53-24-22-23-52-67-56(82(19,20)21)35-48(81(16,17)18)38-61(67)85(62)71(52)53)57-36-46(79(10,11)12)33-54-55-34-47(80(13,14)15)41-66(73(55)86(75)72(54)57)87(63)64-39-44(77(4,5)6)25-28-49(64)50-29-26-45(40-65(50)87)78(7,8)9/h22-42H,1-21H3. The van der Waals surface area contributed by atoms with Gasteiger partial charge in [0.05, 0.1) is 33.1 Å². The Morgan fingerprint density at radius 3 is 1.40 bits per heavy atom. The van der Waals surface area contributed by atoms with Gasteiger partial charge in [-0.3, -0.25) is 0 Å². The number of aromatic nitrogens is 3. The lowest BCUT2D eigenvalue weighted by atomic mass is 9.34. The quantitative estimate of drug-likeness (QED) is 0.134. The molecular weight excluding hydrogens is 1070 g/mol. The molecule has 434 valence electrons. The molecule has 0 saturated carbocycles. The number of rotatable bonds is 0. The lowest BCUT2D eigenvalue weighted by Gasteiger charge is -2.43. The van der Waals surface area contributed by atoms with Crippen LogP contribution in [0.25, 0.3) is 104 Å². The highest BCUT2D eigenvalue weighted by atomic mass is 28.3. The van der Waals surface area contributed by atoms with E-state index in [2.05, 4.69) is 286 Å². The third kappa shape index (κ3) is 6.60. The zero-order chi connectivity index (χ0) is 61.2. The van der Waals surface area contributed by atoms with Gasteiger partial charge in [-0.25, -0.2) is 0 Å². The molecule has 13 aromatic rings. The van der Waals surface area contributed by atoms with Gasteiger partial charge in [0.2, 0.25) is 0 Å². The number of nitrogens with zero attached hydrogens (tertiary/aromatic N) is 3. The van der Waals surface area contributed by atoms with Crippen molar-refractivity contribution in [2.24, 2.45) is 0 Å². The Labute approximate surface area is 516 Å². The Hall–Kier alpha value is -7.34. The zero-order valence-corrected chi connectivity index (χ0v) is 56.5. The summed E-state index contributed by atoms with van der Waals surface area (Å²) >= 11 is 0. The lowest BCUT2D eigenvalue weighted by Crippen LogP contribution is -2.77. The molecule has 4 aliphatic rings. The molecule has 5 heteroatoms. The summed E-state index contributed by atoms with van der Waals surface area (Å²) in [5.41, 5.74) is 28.7. The Morgan fingerprint density at radius 2 is 0.816 bits per heavy atom. The first-order chi connectivity index (χ1) is 40.6. The van der Waals surface area contributed by atoms with E-state index in [1.54, 1.807) is 15.6 Å². The monoisotopic (exact) mass is 1150 g/mol. The highest BCUT2D eigenvalue weighted by molar-refractivity contribution is 7.24. The molecule has 0 aliphatic carbocycles. The fourth-order valence-corrected chi connectivity index (χ4v) is 22.9. The molecule has 3 nitrogen and oxygen atoms in total. The smallest absolute Gasteiger partial charge is 0.252 e. The Balaban J connectivity index is 1.14. The number of benzene rings is 9. The Morgan fingerprint density at radius 1 is 0.322 bits per heavy atom. The van der Waals surface area contributed by atoms with E-state index in [4.69, 9.17) is 0 Å². The summed E-state index contributed by atoms with van der Waals surface area (Å²) in [7, 11) is -3.23. The number of hydrogen-bond donors (Lipinski definition) is 0. The van der Waals surface area contributed by atoms with Gasteiger partial charge < -0.3 is 13.5 Å². The van der Waals surface area contributed by atoms with E-state index in [0.29, 0.717) is 0 Å². The SMILES string of the molecule is CC(C)(C)c1ccc2c(c1)[Si]1(c3cc(C(C)(C)C)ccc3-2)c2ccc3c4c2-n2c5c(cc(C(C)(C)C)cc5c5cc(C(C)(C)C)cc1c52)B4c1cc2c(c4cccc5c6c(C(C)(C)C)cc(C(C)(C)C)cc6n2c54)c2c4ccc(C(C)(C)C)cc4n-3c12. The van der Waals surface area contributed by atoms with E-state index in [0.717, 1.165) is 0 Å². The first kappa shape index (κ1) is 53.9. The first-order valence-electron chi connectivity index (χ1n) is 32.5. The highest BCUT2D eigenvalue weighted by Gasteiger charge is 2.57. The number of para-hydroxylation sites is 1. The molecule has 4 aromatic heterocycles. The molecule has 9 aromatic carbocycles. The molecule has 87 heavy (non-hydrogen) atoms. The number of hydrogen-bond acceptors (Lipinski definition) is 0. The summed E-state index contributed by atoms with van der Waals surface area (Å²) in [5, 5.41) is 17.2. The summed E-state index contributed by atoms with van der Waals surface area (Å²) in [4.78, 5) is 0. The van der Waals surface area contributed by atoms with Crippen molar-refractivity contribution in [3.63, 3.8) is 0 Å². The second-order valence-electron chi connectivity index (χ2n) is 34.7. The second-order valence-corrected chi connectivity index (χ2v) is 38.3. The van der Waals surface area contributed by atoms with Gasteiger partial charge in [0.15, 0.2) is 8.07 Å². The predicted octanol–water partition coefficient (Wildman–Crippen LogP) is 16.9. The van der Waals surface area contributed by atoms with Crippen LogP contribution in [-0.2, 0) is 37.9 Å². The molecule has 4 aliphatic heterocycles. The van der Waals surface area contributed by atoms with Gasteiger partial charge in [0.25, 0.3) is 6.71 Å². The minimum Gasteiger partial charge on any atom is -0.310 e. The van der Waals surface area contributed by atoms with Crippen LogP contribution in [0.15, 0.2) is 127 Å². The highest BCUT2D eigenvalue weighted by Crippen LogP contribution is 2.51. The fourth-order valence-electron chi connectivity index (χ4n) is 17.3. The lowest BCUT2D eigenvalue weighted by molar-refractivity contribution is 0.573. The molecule has 0 N–H and O–H groups in total. The van der Waals surface area contributed by atoms with Crippen LogP contribution in [0, 0.1) is 0 Å². The van der Waals surface area contributed by atoms with Crippen molar-refractivity contribution in [2.45, 2.75) is 183 Å². The van der Waals surface area contributed by atoms with E-state index < -0.39 is 8.07 Å². The van der Waals surface area contributed by atoms with Crippen LogP contribution in [0.4, 0.5) is 0 Å². The van der Waals surface area contributed by atoms with Gasteiger partial charge in [-0.05, 0) is 162 Å². The van der Waals surface area contributed by atoms with E-state index in [9.17, 15) is 0 Å². The molecular formula is C82H84BN3Si. The number of fused-ring (bicyclic) bond motifs is 21. The summed E-state index contributed by atoms with van der Waals surface area (Å²) in [6, 6.07) is 54.1. The van der Waals surface area contributed by atoms with Crippen molar-refractivity contribution in [3.8, 4) is 22.5 Å². The van der Waals surface area contributed by atoms with Crippen LogP contribution >= 0.6 is 0 Å². The van der Waals surface area contributed by atoms with Gasteiger partial charge in [0, 0.05) is 60.0 Å². The van der Waals surface area contributed by atoms with Crippen LogP contribution in [0.3, 0.4) is 0 Å². The second kappa shape index (κ2) is 15.9. The van der Waals surface area contributed by atoms with Crippen molar-refractivity contribution in [3.05, 3.63) is 166 Å². The van der Waals surface area contributed by atoms with E-state index in [-0.39, 0.29) is 44.6 Å². The predicted molar refractivity (Wildman–Crippen MR) is 382 cm³/mol. The van der Waals surface area contributed by atoms with Gasteiger partial charge in [0.1, 0.15) is 0 Å². The van der Waals surface area contributed by atoms with Crippen LogP contribution in [0.2, 0.25) is 0 Å². The first-order valence-corrected chi connectivity index (χ1v) is 34.5. The van der Waals surface area contributed by atoms with Crippen LogP contribution in [0.1, 0.15) is 184 Å². The van der Waals surface area contributed by atoms with Crippen molar-refractivity contribution in [1.82, 2.24) is 13.5 Å². The Bertz CT molecular complexity index is 5300. The van der Waals surface area contributed by atoms with E-state index >= 15 is 0 Å². The molecule has 0 atom stereocenters. The molecule has 8 heterocycles. The normalized spacial score (nSPS) is 15.5. The topological polar surface area (TPSA) is 14.3 Å². The zero-order valence-electron chi connectivity index (χ0n) is 55.5. The molecule has 1 spiro atoms. The van der Waals surface area contributed by atoms with Crippen LogP contribution in [0.5, 0.6) is 0 Å².